The van der Waals surface area contributed by atoms with Gasteiger partial charge in [-0.1, -0.05) is 18.2 Å². The third-order valence-corrected chi connectivity index (χ3v) is 6.33. The zero-order valence-corrected chi connectivity index (χ0v) is 19.1. The van der Waals surface area contributed by atoms with E-state index in [1.807, 2.05) is 4.72 Å². The smallest absolute Gasteiger partial charge is 0.329 e. The van der Waals surface area contributed by atoms with Crippen molar-refractivity contribution in [1.29, 1.82) is 0 Å². The minimum atomic E-state index is -4.14. The lowest BCUT2D eigenvalue weighted by atomic mass is 10.2. The summed E-state index contributed by atoms with van der Waals surface area (Å²) in [6, 6.07) is 10.8. The minimum Gasteiger partial charge on any atom is -0.497 e. The summed E-state index contributed by atoms with van der Waals surface area (Å²) in [7, 11) is -1.06. The lowest BCUT2D eigenvalue weighted by Gasteiger charge is -2.25. The number of nitrogens with zero attached hydrogens (tertiary/aromatic N) is 4. The fourth-order valence-corrected chi connectivity index (χ4v) is 4.25. The van der Waals surface area contributed by atoms with Gasteiger partial charge in [-0.15, -0.1) is 0 Å². The Labute approximate surface area is 191 Å². The number of carbonyl (C=O) groups is 2. The van der Waals surface area contributed by atoms with Crippen molar-refractivity contribution in [2.45, 2.75) is 24.4 Å². The second-order valence-corrected chi connectivity index (χ2v) is 8.76. The van der Waals surface area contributed by atoms with Gasteiger partial charge in [-0.25, -0.2) is 22.9 Å². The monoisotopic (exact) mass is 472 g/mol. The van der Waals surface area contributed by atoms with Crippen LogP contribution in [0.1, 0.15) is 5.56 Å². The molecule has 0 radical (unpaired) electrons. The number of benzene rings is 2. The van der Waals surface area contributed by atoms with Gasteiger partial charge in [0.15, 0.2) is 0 Å². The summed E-state index contributed by atoms with van der Waals surface area (Å²) < 4.78 is 33.7. The van der Waals surface area contributed by atoms with E-state index in [1.54, 1.807) is 56.4 Å². The molecule has 0 fully saturated rings. The van der Waals surface area contributed by atoms with Crippen LogP contribution in [0.15, 0.2) is 66.1 Å². The number of ether oxygens (including phenoxy) is 1. The van der Waals surface area contributed by atoms with Crippen molar-refractivity contribution in [1.82, 2.24) is 24.8 Å². The first-order valence-electron chi connectivity index (χ1n) is 9.84. The summed E-state index contributed by atoms with van der Waals surface area (Å²) in [4.78, 5) is 30.9. The molecule has 0 spiro atoms. The molecule has 1 aromatic heterocycles. The Balaban J connectivity index is 1.79. The van der Waals surface area contributed by atoms with Crippen molar-refractivity contribution >= 4 is 27.6 Å². The van der Waals surface area contributed by atoms with Gasteiger partial charge < -0.3 is 15.0 Å². The normalized spacial score (nSPS) is 12.0. The molecule has 1 unspecified atom stereocenters. The van der Waals surface area contributed by atoms with Crippen LogP contribution in [0.2, 0.25) is 0 Å². The van der Waals surface area contributed by atoms with Gasteiger partial charge >= 0.3 is 6.03 Å². The molecule has 2 aromatic carbocycles. The van der Waals surface area contributed by atoms with Crippen molar-refractivity contribution in [3.63, 3.8) is 0 Å². The number of carbonyl (C=O) groups excluding carboxylic acids is 2. The number of amides is 3. The molecule has 0 aliphatic rings. The molecule has 1 heterocycles. The number of hydrogen-bond acceptors (Lipinski definition) is 7. The Hall–Kier alpha value is -3.93. The van der Waals surface area contributed by atoms with E-state index < -0.39 is 28.0 Å². The summed E-state index contributed by atoms with van der Waals surface area (Å²) in [5.41, 5.74) is 1.03. The van der Waals surface area contributed by atoms with Crippen LogP contribution in [0, 0.1) is 6.92 Å². The van der Waals surface area contributed by atoms with E-state index in [-0.39, 0.29) is 11.4 Å². The van der Waals surface area contributed by atoms with Crippen molar-refractivity contribution in [3.05, 3.63) is 66.7 Å². The number of hydrogen-bond donors (Lipinski definition) is 2. The van der Waals surface area contributed by atoms with Gasteiger partial charge in [-0.05, 0) is 42.8 Å². The maximum absolute atomic E-state index is 13.2. The number of nitrogens with one attached hydrogen (secondary N) is 2. The highest BCUT2D eigenvalue weighted by Crippen LogP contribution is 2.19. The van der Waals surface area contributed by atoms with Gasteiger partial charge in [-0.2, -0.15) is 5.10 Å². The van der Waals surface area contributed by atoms with E-state index in [9.17, 15) is 18.0 Å². The van der Waals surface area contributed by atoms with Crippen molar-refractivity contribution in [2.75, 3.05) is 19.1 Å². The lowest BCUT2D eigenvalue weighted by molar-refractivity contribution is -0.120. The number of sulfonamides is 1. The molecular weight excluding hydrogens is 448 g/mol. The first kappa shape index (κ1) is 23.7. The fourth-order valence-electron chi connectivity index (χ4n) is 3.09. The van der Waals surface area contributed by atoms with Crippen LogP contribution in [0.3, 0.4) is 0 Å². The van der Waals surface area contributed by atoms with Crippen LogP contribution in [0.5, 0.6) is 5.75 Å². The third kappa shape index (κ3) is 5.86. The molecule has 2 N–H and O–H groups in total. The second kappa shape index (κ2) is 10.1. The van der Waals surface area contributed by atoms with Gasteiger partial charge in [0.2, 0.25) is 0 Å². The van der Waals surface area contributed by atoms with Crippen molar-refractivity contribution in [2.24, 2.45) is 0 Å². The zero-order chi connectivity index (χ0) is 24.0. The molecule has 0 aliphatic heterocycles. The number of aryl methyl sites for hydroxylation is 1. The average Bonchev–Trinajstić information content (AvgIpc) is 3.30. The topological polar surface area (TPSA) is 136 Å². The lowest BCUT2D eigenvalue weighted by Crippen LogP contribution is -2.53. The van der Waals surface area contributed by atoms with Gasteiger partial charge in [-0.3, -0.25) is 9.48 Å². The number of anilines is 1. The molecule has 0 saturated carbocycles. The van der Waals surface area contributed by atoms with Crippen molar-refractivity contribution in [3.8, 4) is 5.75 Å². The van der Waals surface area contributed by atoms with Crippen LogP contribution >= 0.6 is 0 Å². The standard InChI is InChI=1S/C21H24N6O5S/c1-15-6-4-5-7-19(15)33(30,31)25-21(29)24-18(12-27-14-22-13-23-27)20(28)26(2)16-8-10-17(32-3)11-9-16/h4-11,13-14,18H,12H2,1-3H3,(H2,24,25,29). The fraction of sp³-hybridized carbons (Fsp3) is 0.238. The molecule has 3 rings (SSSR count). The van der Waals surface area contributed by atoms with Crippen LogP contribution in [0.4, 0.5) is 10.5 Å². The SMILES string of the molecule is COc1ccc(N(C)C(=O)C(Cn2cncn2)NC(=O)NS(=O)(=O)c2ccccc2C)cc1. The number of urea groups is 1. The summed E-state index contributed by atoms with van der Waals surface area (Å²) in [6.45, 7) is 1.56. The number of likely N-dealkylation sites (N-methyl/N-ethyl adjacent to an activating group) is 1. The molecule has 12 heteroatoms. The highest BCUT2D eigenvalue weighted by molar-refractivity contribution is 7.90. The quantitative estimate of drug-likeness (QED) is 0.505. The molecule has 0 aliphatic carbocycles. The van der Waals surface area contributed by atoms with Crippen LogP contribution in [-0.4, -0.2) is 55.3 Å². The number of methoxy groups -OCH3 is 1. The largest absolute Gasteiger partial charge is 0.497 e. The minimum absolute atomic E-state index is 0.0327. The molecule has 0 bridgehead atoms. The van der Waals surface area contributed by atoms with E-state index in [1.165, 1.54) is 35.4 Å². The molecule has 3 amide bonds. The van der Waals surface area contributed by atoms with E-state index in [2.05, 4.69) is 15.4 Å². The molecule has 3 aromatic rings. The Morgan fingerprint density at radius 3 is 2.45 bits per heavy atom. The summed E-state index contributed by atoms with van der Waals surface area (Å²) in [5, 5.41) is 6.40. The van der Waals surface area contributed by atoms with Gasteiger partial charge in [0, 0.05) is 12.7 Å². The molecule has 1 atom stereocenters. The number of rotatable bonds is 8. The average molecular weight is 473 g/mol. The summed E-state index contributed by atoms with van der Waals surface area (Å²) in [5.74, 6) is 0.136. The van der Waals surface area contributed by atoms with Crippen molar-refractivity contribution < 1.29 is 22.7 Å². The Bertz CT molecular complexity index is 1210. The maximum Gasteiger partial charge on any atom is 0.329 e. The van der Waals surface area contributed by atoms with Gasteiger partial charge in [0.1, 0.15) is 24.4 Å². The Morgan fingerprint density at radius 2 is 1.85 bits per heavy atom. The van der Waals surface area contributed by atoms with Gasteiger partial charge in [0.25, 0.3) is 15.9 Å². The first-order chi connectivity index (χ1) is 15.7. The van der Waals surface area contributed by atoms with E-state index in [0.29, 0.717) is 17.0 Å². The predicted octanol–water partition coefficient (Wildman–Crippen LogP) is 1.31. The number of aromatic nitrogens is 3. The molecule has 174 valence electrons. The Kier molecular flexibility index (Phi) is 7.28. The summed E-state index contributed by atoms with van der Waals surface area (Å²) >= 11 is 0. The van der Waals surface area contributed by atoms with E-state index >= 15 is 0 Å². The highest BCUT2D eigenvalue weighted by atomic mass is 32.2. The maximum atomic E-state index is 13.2. The van der Waals surface area contributed by atoms with Gasteiger partial charge in [0.05, 0.1) is 18.6 Å². The van der Waals surface area contributed by atoms with E-state index in [0.717, 1.165) is 0 Å². The molecule has 0 saturated heterocycles. The third-order valence-electron chi connectivity index (χ3n) is 4.84. The zero-order valence-electron chi connectivity index (χ0n) is 18.3. The predicted molar refractivity (Wildman–Crippen MR) is 120 cm³/mol. The molecule has 33 heavy (non-hydrogen) atoms. The van der Waals surface area contributed by atoms with Crippen LogP contribution in [-0.2, 0) is 21.4 Å². The first-order valence-corrected chi connectivity index (χ1v) is 11.3. The highest BCUT2D eigenvalue weighted by Gasteiger charge is 2.28. The molecular formula is C21H24N6O5S. The Morgan fingerprint density at radius 1 is 1.15 bits per heavy atom. The van der Waals surface area contributed by atoms with E-state index in [4.69, 9.17) is 4.74 Å². The summed E-state index contributed by atoms with van der Waals surface area (Å²) in [6.07, 6.45) is 2.68. The molecule has 11 nitrogen and oxygen atoms in total. The van der Waals surface area contributed by atoms with Crippen LogP contribution in [0.25, 0.3) is 0 Å². The second-order valence-electron chi connectivity index (χ2n) is 7.11. The van der Waals surface area contributed by atoms with Crippen LogP contribution < -0.4 is 19.7 Å².